The number of rotatable bonds is 4. The number of carboxylic acid groups (broad SMARTS) is 1. The van der Waals surface area contributed by atoms with Crippen LogP contribution in [0.3, 0.4) is 0 Å². The van der Waals surface area contributed by atoms with Crippen molar-refractivity contribution in [2.75, 3.05) is 13.1 Å². The molecule has 0 aliphatic carbocycles. The highest BCUT2D eigenvalue weighted by Gasteiger charge is 2.37. The molecule has 5 nitrogen and oxygen atoms in total. The largest absolute Gasteiger partial charge is 0.481 e. The molecule has 1 saturated heterocycles. The number of piperazine rings is 1. The average Bonchev–Trinajstić information content (AvgIpc) is 2.74. The van der Waals surface area contributed by atoms with Crippen molar-refractivity contribution < 1.29 is 14.3 Å². The van der Waals surface area contributed by atoms with E-state index in [-0.39, 0.29) is 18.0 Å². The van der Waals surface area contributed by atoms with Gasteiger partial charge in [0.15, 0.2) is 0 Å². The Morgan fingerprint density at radius 2 is 2.44 bits per heavy atom. The third-order valence-corrected chi connectivity index (χ3v) is 3.47. The maximum atomic E-state index is 10.9. The van der Waals surface area contributed by atoms with Gasteiger partial charge < -0.3 is 14.8 Å². The molecule has 2 N–H and O–H groups in total. The molecule has 2 heterocycles. The molecule has 0 amide bonds. The lowest BCUT2D eigenvalue weighted by molar-refractivity contribution is -0.139. The minimum Gasteiger partial charge on any atom is -0.481 e. The summed E-state index contributed by atoms with van der Waals surface area (Å²) in [5, 5.41) is 12.3. The number of nitrogens with zero attached hydrogens (tertiary/aromatic N) is 1. The highest BCUT2D eigenvalue weighted by atomic mass is 16.4. The maximum Gasteiger partial charge on any atom is 0.304 e. The van der Waals surface area contributed by atoms with Gasteiger partial charge in [0.25, 0.3) is 0 Å². The molecule has 1 aromatic rings. The third-order valence-electron chi connectivity index (χ3n) is 3.47. The van der Waals surface area contributed by atoms with Gasteiger partial charge in [0.1, 0.15) is 5.76 Å². The highest BCUT2D eigenvalue weighted by molar-refractivity contribution is 5.67. The Morgan fingerprint density at radius 3 is 3.06 bits per heavy atom. The van der Waals surface area contributed by atoms with Crippen LogP contribution in [0.15, 0.2) is 22.8 Å². The van der Waals surface area contributed by atoms with E-state index in [1.807, 2.05) is 12.1 Å². The molecular weight excluding hydrogens is 232 g/mol. The van der Waals surface area contributed by atoms with Gasteiger partial charge in [0, 0.05) is 24.7 Å². The minimum atomic E-state index is -0.760. The van der Waals surface area contributed by atoms with Gasteiger partial charge in [-0.3, -0.25) is 9.69 Å². The van der Waals surface area contributed by atoms with Crippen molar-refractivity contribution in [1.82, 2.24) is 10.2 Å². The Labute approximate surface area is 107 Å². The van der Waals surface area contributed by atoms with E-state index in [0.29, 0.717) is 13.1 Å². The fourth-order valence-electron chi connectivity index (χ4n) is 2.55. The minimum absolute atomic E-state index is 0.00338. The first-order valence-corrected chi connectivity index (χ1v) is 6.21. The van der Waals surface area contributed by atoms with Crippen LogP contribution < -0.4 is 5.32 Å². The van der Waals surface area contributed by atoms with E-state index < -0.39 is 5.97 Å². The Hall–Kier alpha value is -1.33. The predicted octanol–water partition coefficient (Wildman–Crippen LogP) is 1.31. The molecule has 2 rings (SSSR count). The quantitative estimate of drug-likeness (QED) is 0.845. The van der Waals surface area contributed by atoms with Gasteiger partial charge in [0.2, 0.25) is 0 Å². The SMILES string of the molecule is CC1(C)CNCC(CC(=O)O)N1Cc1ccco1. The second-order valence-electron chi connectivity index (χ2n) is 5.40. The fourth-order valence-corrected chi connectivity index (χ4v) is 2.55. The highest BCUT2D eigenvalue weighted by Crippen LogP contribution is 2.25. The summed E-state index contributed by atoms with van der Waals surface area (Å²) in [4.78, 5) is 13.2. The monoisotopic (exact) mass is 252 g/mol. The van der Waals surface area contributed by atoms with Crippen LogP contribution in [-0.4, -0.2) is 40.6 Å². The Balaban J connectivity index is 2.14. The molecule has 1 fully saturated rings. The molecule has 0 saturated carbocycles. The van der Waals surface area contributed by atoms with Crippen LogP contribution in [0.25, 0.3) is 0 Å². The number of furan rings is 1. The molecule has 5 heteroatoms. The van der Waals surface area contributed by atoms with Crippen molar-refractivity contribution in [3.63, 3.8) is 0 Å². The van der Waals surface area contributed by atoms with E-state index in [1.54, 1.807) is 6.26 Å². The lowest BCUT2D eigenvalue weighted by Gasteiger charge is -2.47. The van der Waals surface area contributed by atoms with Crippen molar-refractivity contribution in [3.05, 3.63) is 24.2 Å². The molecule has 0 spiro atoms. The number of aliphatic carboxylic acids is 1. The maximum absolute atomic E-state index is 10.9. The number of nitrogens with one attached hydrogen (secondary N) is 1. The van der Waals surface area contributed by atoms with Crippen molar-refractivity contribution in [2.45, 2.75) is 38.4 Å². The summed E-state index contributed by atoms with van der Waals surface area (Å²) < 4.78 is 5.37. The summed E-state index contributed by atoms with van der Waals surface area (Å²) in [7, 11) is 0. The normalized spacial score (nSPS) is 24.0. The predicted molar refractivity (Wildman–Crippen MR) is 67.2 cm³/mol. The summed E-state index contributed by atoms with van der Waals surface area (Å²) in [5.74, 6) is 0.115. The summed E-state index contributed by atoms with van der Waals surface area (Å²) in [5.41, 5.74) is -0.0782. The molecular formula is C13H20N2O3. The van der Waals surface area contributed by atoms with Crippen LogP contribution in [0.2, 0.25) is 0 Å². The lowest BCUT2D eigenvalue weighted by Crippen LogP contribution is -2.62. The Morgan fingerprint density at radius 1 is 1.67 bits per heavy atom. The Bertz CT molecular complexity index is 400. The second-order valence-corrected chi connectivity index (χ2v) is 5.40. The van der Waals surface area contributed by atoms with Crippen LogP contribution >= 0.6 is 0 Å². The summed E-state index contributed by atoms with van der Waals surface area (Å²) in [6.45, 7) is 6.45. The van der Waals surface area contributed by atoms with Crippen molar-refractivity contribution >= 4 is 5.97 Å². The number of carboxylic acids is 1. The zero-order chi connectivity index (χ0) is 13.2. The van der Waals surface area contributed by atoms with Crippen LogP contribution in [0, 0.1) is 0 Å². The van der Waals surface area contributed by atoms with E-state index in [9.17, 15) is 4.79 Å². The number of carbonyl (C=O) groups is 1. The van der Waals surface area contributed by atoms with Gasteiger partial charge in [-0.15, -0.1) is 0 Å². The molecule has 100 valence electrons. The van der Waals surface area contributed by atoms with E-state index >= 15 is 0 Å². The average molecular weight is 252 g/mol. The standard InChI is InChI=1S/C13H20N2O3/c1-13(2)9-14-7-10(6-12(16)17)15(13)8-11-4-3-5-18-11/h3-5,10,14H,6-9H2,1-2H3,(H,16,17). The smallest absolute Gasteiger partial charge is 0.304 e. The molecule has 1 unspecified atom stereocenters. The van der Waals surface area contributed by atoms with E-state index in [4.69, 9.17) is 9.52 Å². The molecule has 0 aromatic carbocycles. The molecule has 1 aromatic heterocycles. The van der Waals surface area contributed by atoms with Crippen LogP contribution in [0.4, 0.5) is 0 Å². The molecule has 0 bridgehead atoms. The molecule has 1 atom stereocenters. The Kier molecular flexibility index (Phi) is 3.73. The number of hydrogen-bond donors (Lipinski definition) is 2. The lowest BCUT2D eigenvalue weighted by atomic mass is 9.94. The zero-order valence-electron chi connectivity index (χ0n) is 10.8. The van der Waals surface area contributed by atoms with E-state index in [1.165, 1.54) is 0 Å². The first kappa shape index (κ1) is 13.1. The van der Waals surface area contributed by atoms with Crippen LogP contribution in [0.1, 0.15) is 26.0 Å². The first-order chi connectivity index (χ1) is 8.49. The third kappa shape index (κ3) is 2.91. The molecule has 0 radical (unpaired) electrons. The van der Waals surface area contributed by atoms with E-state index in [2.05, 4.69) is 24.1 Å². The van der Waals surface area contributed by atoms with Crippen molar-refractivity contribution in [1.29, 1.82) is 0 Å². The van der Waals surface area contributed by atoms with Gasteiger partial charge in [-0.1, -0.05) is 0 Å². The van der Waals surface area contributed by atoms with E-state index in [0.717, 1.165) is 12.3 Å². The van der Waals surface area contributed by atoms with Crippen molar-refractivity contribution in [2.24, 2.45) is 0 Å². The topological polar surface area (TPSA) is 65.7 Å². The molecule has 1 aliphatic heterocycles. The first-order valence-electron chi connectivity index (χ1n) is 6.21. The molecule has 18 heavy (non-hydrogen) atoms. The second kappa shape index (κ2) is 5.12. The van der Waals surface area contributed by atoms with Gasteiger partial charge >= 0.3 is 5.97 Å². The summed E-state index contributed by atoms with van der Waals surface area (Å²) in [6, 6.07) is 3.78. The molecule has 1 aliphatic rings. The summed E-state index contributed by atoms with van der Waals surface area (Å²) in [6.07, 6.45) is 1.80. The van der Waals surface area contributed by atoms with Gasteiger partial charge in [-0.25, -0.2) is 0 Å². The fraction of sp³-hybridized carbons (Fsp3) is 0.615. The van der Waals surface area contributed by atoms with Gasteiger partial charge in [-0.2, -0.15) is 0 Å². The van der Waals surface area contributed by atoms with Gasteiger partial charge in [-0.05, 0) is 26.0 Å². The summed E-state index contributed by atoms with van der Waals surface area (Å²) >= 11 is 0. The van der Waals surface area contributed by atoms with Gasteiger partial charge in [0.05, 0.1) is 19.2 Å². The van der Waals surface area contributed by atoms with Crippen molar-refractivity contribution in [3.8, 4) is 0 Å². The van der Waals surface area contributed by atoms with Crippen LogP contribution in [-0.2, 0) is 11.3 Å². The zero-order valence-corrected chi connectivity index (χ0v) is 10.8. The number of hydrogen-bond acceptors (Lipinski definition) is 4. The van der Waals surface area contributed by atoms with Crippen LogP contribution in [0.5, 0.6) is 0 Å².